The third-order valence-electron chi connectivity index (χ3n) is 6.72. The highest BCUT2D eigenvalue weighted by atomic mass is 16.2. The predicted octanol–water partition coefficient (Wildman–Crippen LogP) is 4.88. The molecule has 1 heterocycles. The molecule has 3 aliphatic rings. The second-order valence-electron chi connectivity index (χ2n) is 8.42. The van der Waals surface area contributed by atoms with Crippen molar-refractivity contribution in [2.45, 2.75) is 102 Å². The molecule has 0 aromatic rings. The molecule has 2 aliphatic carbocycles. The van der Waals surface area contributed by atoms with E-state index in [0.717, 1.165) is 37.6 Å². The lowest BCUT2D eigenvalue weighted by Gasteiger charge is -2.44. The maximum Gasteiger partial charge on any atom is 0.222 e. The van der Waals surface area contributed by atoms with Crippen LogP contribution in [0.4, 0.5) is 0 Å². The van der Waals surface area contributed by atoms with E-state index in [1.165, 1.54) is 64.2 Å². The fraction of sp³-hybridized carbons (Fsp3) is 0.905. The molecule has 1 aliphatic heterocycles. The molecule has 0 bridgehead atoms. The van der Waals surface area contributed by atoms with Gasteiger partial charge in [-0.2, -0.15) is 0 Å². The van der Waals surface area contributed by atoms with Gasteiger partial charge in [0.2, 0.25) is 5.91 Å². The van der Waals surface area contributed by atoms with Gasteiger partial charge < -0.3 is 4.90 Å². The average Bonchev–Trinajstić information content (AvgIpc) is 3.13. The summed E-state index contributed by atoms with van der Waals surface area (Å²) in [5.74, 6) is 2.25. The van der Waals surface area contributed by atoms with E-state index in [1.807, 2.05) is 0 Å². The van der Waals surface area contributed by atoms with Gasteiger partial charge in [0.05, 0.1) is 0 Å². The van der Waals surface area contributed by atoms with Crippen molar-refractivity contribution in [3.63, 3.8) is 0 Å². The molecule has 136 valence electrons. The zero-order chi connectivity index (χ0) is 16.8. The average molecular weight is 334 g/mol. The van der Waals surface area contributed by atoms with Gasteiger partial charge in [0.1, 0.15) is 5.78 Å². The van der Waals surface area contributed by atoms with Crippen LogP contribution in [0.25, 0.3) is 0 Å². The summed E-state index contributed by atoms with van der Waals surface area (Å²) in [6, 6.07) is 0.512. The molecule has 1 amide bonds. The second kappa shape index (κ2) is 9.01. The molecular weight excluding hydrogens is 298 g/mol. The summed E-state index contributed by atoms with van der Waals surface area (Å²) >= 11 is 0. The Labute approximate surface area is 147 Å². The van der Waals surface area contributed by atoms with Crippen molar-refractivity contribution in [3.8, 4) is 0 Å². The number of carbonyl (C=O) groups is 2. The molecule has 0 radical (unpaired) electrons. The van der Waals surface area contributed by atoms with E-state index in [0.29, 0.717) is 30.6 Å². The number of piperidine rings is 1. The highest BCUT2D eigenvalue weighted by molar-refractivity contribution is 5.80. The molecular formula is C21H35NO2. The van der Waals surface area contributed by atoms with E-state index in [-0.39, 0.29) is 0 Å². The molecule has 1 saturated heterocycles. The van der Waals surface area contributed by atoms with Gasteiger partial charge in [-0.1, -0.05) is 38.5 Å². The molecule has 0 aromatic carbocycles. The molecule has 3 heteroatoms. The van der Waals surface area contributed by atoms with E-state index < -0.39 is 0 Å². The van der Waals surface area contributed by atoms with E-state index >= 15 is 0 Å². The van der Waals surface area contributed by atoms with Crippen molar-refractivity contribution in [1.29, 1.82) is 0 Å². The minimum atomic E-state index is 0.315. The molecule has 3 rings (SSSR count). The molecule has 2 unspecified atom stereocenters. The SMILES string of the molecule is O=C(CCCC(=O)N1CCCC2CCCCC21)CCC1CCCC1. The number of Topliss-reactive ketones (excluding diaryl/α,β-unsaturated/α-hetero) is 1. The third kappa shape index (κ3) is 4.83. The first-order chi connectivity index (χ1) is 11.7. The quantitative estimate of drug-likeness (QED) is 0.666. The lowest BCUT2D eigenvalue weighted by atomic mass is 9.78. The Morgan fingerprint density at radius 2 is 1.50 bits per heavy atom. The van der Waals surface area contributed by atoms with Crippen LogP contribution in [-0.2, 0) is 9.59 Å². The first kappa shape index (κ1) is 17.9. The van der Waals surface area contributed by atoms with Crippen molar-refractivity contribution >= 4 is 11.7 Å². The number of rotatable bonds is 7. The van der Waals surface area contributed by atoms with Crippen LogP contribution < -0.4 is 0 Å². The van der Waals surface area contributed by atoms with Crippen molar-refractivity contribution in [2.24, 2.45) is 11.8 Å². The second-order valence-corrected chi connectivity index (χ2v) is 8.42. The standard InChI is InChI=1S/C21H35NO2/c23-19(15-14-17-7-1-2-8-17)11-5-13-21(24)22-16-6-10-18-9-3-4-12-20(18)22/h17-18,20H,1-16H2. The Balaban J connectivity index is 1.34. The Kier molecular flexibility index (Phi) is 6.74. The summed E-state index contributed by atoms with van der Waals surface area (Å²) in [7, 11) is 0. The predicted molar refractivity (Wildman–Crippen MR) is 96.7 cm³/mol. The van der Waals surface area contributed by atoms with Crippen LogP contribution in [-0.4, -0.2) is 29.2 Å². The van der Waals surface area contributed by atoms with E-state index in [9.17, 15) is 9.59 Å². The van der Waals surface area contributed by atoms with Crippen LogP contribution in [0.1, 0.15) is 96.3 Å². The van der Waals surface area contributed by atoms with Crippen molar-refractivity contribution in [2.75, 3.05) is 6.54 Å². The fourth-order valence-electron chi connectivity index (χ4n) is 5.30. The Morgan fingerprint density at radius 3 is 2.33 bits per heavy atom. The third-order valence-corrected chi connectivity index (χ3v) is 6.72. The van der Waals surface area contributed by atoms with Crippen LogP contribution in [0.5, 0.6) is 0 Å². The molecule has 0 aromatic heterocycles. The normalized spacial score (nSPS) is 27.9. The number of hydrogen-bond acceptors (Lipinski definition) is 2. The number of amides is 1. The van der Waals surface area contributed by atoms with Crippen LogP contribution in [0, 0.1) is 11.8 Å². The highest BCUT2D eigenvalue weighted by Gasteiger charge is 2.35. The van der Waals surface area contributed by atoms with E-state index in [4.69, 9.17) is 0 Å². The van der Waals surface area contributed by atoms with Crippen molar-refractivity contribution in [1.82, 2.24) is 4.90 Å². The maximum atomic E-state index is 12.6. The maximum absolute atomic E-state index is 12.6. The van der Waals surface area contributed by atoms with Crippen LogP contribution in [0.15, 0.2) is 0 Å². The van der Waals surface area contributed by atoms with Crippen LogP contribution in [0.3, 0.4) is 0 Å². The van der Waals surface area contributed by atoms with Gasteiger partial charge >= 0.3 is 0 Å². The number of hydrogen-bond donors (Lipinski definition) is 0. The Bertz CT molecular complexity index is 426. The number of ketones is 1. The van der Waals surface area contributed by atoms with Crippen LogP contribution in [0.2, 0.25) is 0 Å². The van der Waals surface area contributed by atoms with Gasteiger partial charge in [0.15, 0.2) is 0 Å². The minimum absolute atomic E-state index is 0.315. The monoisotopic (exact) mass is 333 g/mol. The van der Waals surface area contributed by atoms with Gasteiger partial charge in [-0.3, -0.25) is 9.59 Å². The van der Waals surface area contributed by atoms with Gasteiger partial charge in [0.25, 0.3) is 0 Å². The van der Waals surface area contributed by atoms with Crippen molar-refractivity contribution in [3.05, 3.63) is 0 Å². The first-order valence-electron chi connectivity index (χ1n) is 10.5. The zero-order valence-electron chi connectivity index (χ0n) is 15.3. The minimum Gasteiger partial charge on any atom is -0.339 e. The summed E-state index contributed by atoms with van der Waals surface area (Å²) in [5, 5.41) is 0. The molecule has 0 spiro atoms. The molecule has 0 N–H and O–H groups in total. The first-order valence-corrected chi connectivity index (χ1v) is 10.5. The lowest BCUT2D eigenvalue weighted by Crippen LogP contribution is -2.49. The van der Waals surface area contributed by atoms with Crippen molar-refractivity contribution < 1.29 is 9.59 Å². The largest absolute Gasteiger partial charge is 0.339 e. The van der Waals surface area contributed by atoms with Gasteiger partial charge in [-0.05, 0) is 50.4 Å². The van der Waals surface area contributed by atoms with E-state index in [1.54, 1.807) is 0 Å². The summed E-state index contributed by atoms with van der Waals surface area (Å²) in [4.78, 5) is 26.9. The van der Waals surface area contributed by atoms with Gasteiger partial charge in [0, 0.05) is 31.8 Å². The van der Waals surface area contributed by atoms with Gasteiger partial charge in [-0.25, -0.2) is 0 Å². The Hall–Kier alpha value is -0.860. The summed E-state index contributed by atoms with van der Waals surface area (Å²) in [6.07, 6.45) is 16.8. The molecule has 3 nitrogen and oxygen atoms in total. The Morgan fingerprint density at radius 1 is 0.792 bits per heavy atom. The number of carbonyl (C=O) groups excluding carboxylic acids is 2. The fourth-order valence-corrected chi connectivity index (χ4v) is 5.30. The number of likely N-dealkylation sites (tertiary alicyclic amines) is 1. The molecule has 3 fully saturated rings. The summed E-state index contributed by atoms with van der Waals surface area (Å²) in [6.45, 7) is 0.954. The highest BCUT2D eigenvalue weighted by Crippen LogP contribution is 2.35. The van der Waals surface area contributed by atoms with Gasteiger partial charge in [-0.15, -0.1) is 0 Å². The molecule has 24 heavy (non-hydrogen) atoms. The smallest absolute Gasteiger partial charge is 0.222 e. The molecule has 2 saturated carbocycles. The lowest BCUT2D eigenvalue weighted by molar-refractivity contribution is -0.137. The number of nitrogens with zero attached hydrogens (tertiary/aromatic N) is 1. The summed E-state index contributed by atoms with van der Waals surface area (Å²) < 4.78 is 0. The topological polar surface area (TPSA) is 37.4 Å². The zero-order valence-corrected chi connectivity index (χ0v) is 15.3. The molecule has 2 atom stereocenters. The summed E-state index contributed by atoms with van der Waals surface area (Å²) in [5.41, 5.74) is 0. The van der Waals surface area contributed by atoms with Crippen LogP contribution >= 0.6 is 0 Å². The number of fused-ring (bicyclic) bond motifs is 1. The van der Waals surface area contributed by atoms with E-state index in [2.05, 4.69) is 4.90 Å².